The number of hydrogen-bond acceptors (Lipinski definition) is 5. The van der Waals surface area contributed by atoms with Gasteiger partial charge in [0.15, 0.2) is 0 Å². The Labute approximate surface area is 247 Å². The number of ether oxygens (including phenoxy) is 1. The molecule has 5 rings (SSSR count). The number of amides is 2. The Kier molecular flexibility index (Phi) is 8.84. The van der Waals surface area contributed by atoms with Crippen LogP contribution in [-0.2, 0) is 4.79 Å². The summed E-state index contributed by atoms with van der Waals surface area (Å²) in [5, 5.41) is 16.1. The molecule has 0 spiro atoms. The lowest BCUT2D eigenvalue weighted by atomic mass is 9.98. The number of anilines is 2. The monoisotopic (exact) mass is 576 g/mol. The van der Waals surface area contributed by atoms with Gasteiger partial charge in [0.05, 0.1) is 12.2 Å². The Hall–Kier alpha value is -5.08. The largest absolute Gasteiger partial charge is 0.494 e. The minimum Gasteiger partial charge on any atom is -0.494 e. The van der Waals surface area contributed by atoms with Crippen LogP contribution in [0.25, 0.3) is 10.8 Å². The van der Waals surface area contributed by atoms with E-state index < -0.39 is 17.1 Å². The number of carboxylic acids is 1. The van der Waals surface area contributed by atoms with Crippen LogP contribution >= 0.6 is 11.8 Å². The summed E-state index contributed by atoms with van der Waals surface area (Å²) in [6.07, 6.45) is 0. The van der Waals surface area contributed by atoms with Crippen molar-refractivity contribution in [2.75, 3.05) is 17.2 Å². The number of carboxylic acid groups (broad SMARTS) is 1. The highest BCUT2D eigenvalue weighted by Gasteiger charge is 2.23. The molecule has 8 heteroatoms. The highest BCUT2D eigenvalue weighted by Crippen LogP contribution is 2.37. The number of thioether (sulfide) groups is 1. The van der Waals surface area contributed by atoms with Gasteiger partial charge in [0.25, 0.3) is 5.91 Å². The maximum atomic E-state index is 13.5. The van der Waals surface area contributed by atoms with Crippen LogP contribution in [0.3, 0.4) is 0 Å². The van der Waals surface area contributed by atoms with Crippen LogP contribution in [0.15, 0.2) is 120 Å². The Bertz CT molecular complexity index is 1730. The van der Waals surface area contributed by atoms with Crippen molar-refractivity contribution in [3.05, 3.63) is 132 Å². The molecule has 0 aliphatic rings. The van der Waals surface area contributed by atoms with Crippen molar-refractivity contribution in [3.8, 4) is 5.75 Å². The first kappa shape index (κ1) is 28.4. The molecule has 7 nitrogen and oxygen atoms in total. The Morgan fingerprint density at radius 3 is 2.14 bits per heavy atom. The molecule has 1 unspecified atom stereocenters. The van der Waals surface area contributed by atoms with Gasteiger partial charge in [-0.2, -0.15) is 0 Å². The zero-order chi connectivity index (χ0) is 29.5. The van der Waals surface area contributed by atoms with Crippen LogP contribution in [-0.4, -0.2) is 29.5 Å². The van der Waals surface area contributed by atoms with Crippen LogP contribution in [0.2, 0.25) is 0 Å². The first-order valence-electron chi connectivity index (χ1n) is 13.3. The second kappa shape index (κ2) is 13.1. The lowest BCUT2D eigenvalue weighted by Gasteiger charge is -2.18. The standard InChI is InChI=1S/C34H28N2O5S/c1-2-41-26-19-17-24(18-20-26)35-33(38)31(23-9-4-3-5-10-23)42-27-14-8-13-25(21-27)36-32(37)28-15-6-11-22-12-7-16-29(30(22)28)34(39)40/h3-21,31H,2H2,1H3,(H,35,38)(H,36,37)(H,39,40). The predicted octanol–water partition coefficient (Wildman–Crippen LogP) is 7.66. The molecule has 0 saturated heterocycles. The van der Waals surface area contributed by atoms with Crippen LogP contribution < -0.4 is 15.4 Å². The summed E-state index contributed by atoms with van der Waals surface area (Å²) >= 11 is 1.36. The molecule has 0 heterocycles. The van der Waals surface area contributed by atoms with E-state index in [2.05, 4.69) is 10.6 Å². The first-order valence-corrected chi connectivity index (χ1v) is 14.2. The fourth-order valence-corrected chi connectivity index (χ4v) is 5.68. The smallest absolute Gasteiger partial charge is 0.336 e. The van der Waals surface area contributed by atoms with E-state index in [4.69, 9.17) is 4.74 Å². The highest BCUT2D eigenvalue weighted by atomic mass is 32.2. The molecule has 42 heavy (non-hydrogen) atoms. The molecule has 0 radical (unpaired) electrons. The van der Waals surface area contributed by atoms with Gasteiger partial charge in [0.2, 0.25) is 5.91 Å². The van der Waals surface area contributed by atoms with Gasteiger partial charge in [-0.15, -0.1) is 11.8 Å². The Morgan fingerprint density at radius 2 is 1.45 bits per heavy atom. The van der Waals surface area contributed by atoms with Gasteiger partial charge < -0.3 is 20.5 Å². The summed E-state index contributed by atoms with van der Waals surface area (Å²) in [6.45, 7) is 2.47. The molecule has 5 aromatic rings. The van der Waals surface area contributed by atoms with E-state index in [1.807, 2.05) is 55.5 Å². The molecule has 0 fully saturated rings. The summed E-state index contributed by atoms with van der Waals surface area (Å²) in [6, 6.07) is 34.0. The molecule has 0 aliphatic carbocycles. The Balaban J connectivity index is 1.38. The van der Waals surface area contributed by atoms with E-state index in [0.717, 1.165) is 16.2 Å². The number of hydrogen-bond donors (Lipinski definition) is 3. The number of carbonyl (C=O) groups is 3. The minimum absolute atomic E-state index is 0.0619. The number of aromatic carboxylic acids is 1. The number of nitrogens with one attached hydrogen (secondary N) is 2. The van der Waals surface area contributed by atoms with Crippen LogP contribution in [0.1, 0.15) is 38.5 Å². The third kappa shape index (κ3) is 6.62. The van der Waals surface area contributed by atoms with Crippen LogP contribution in [0, 0.1) is 0 Å². The topological polar surface area (TPSA) is 105 Å². The van der Waals surface area contributed by atoms with Crippen LogP contribution in [0.4, 0.5) is 11.4 Å². The lowest BCUT2D eigenvalue weighted by molar-refractivity contribution is -0.115. The minimum atomic E-state index is -1.10. The van der Waals surface area contributed by atoms with Crippen molar-refractivity contribution in [3.63, 3.8) is 0 Å². The van der Waals surface area contributed by atoms with Gasteiger partial charge >= 0.3 is 5.97 Å². The molecule has 210 valence electrons. The van der Waals surface area contributed by atoms with E-state index in [0.29, 0.717) is 28.8 Å². The SMILES string of the molecule is CCOc1ccc(NC(=O)C(Sc2cccc(NC(=O)c3cccc4cccc(C(=O)O)c34)c2)c2ccccc2)cc1. The third-order valence-corrected chi connectivity index (χ3v) is 7.75. The van der Waals surface area contributed by atoms with Crippen LogP contribution in [0.5, 0.6) is 5.75 Å². The molecule has 5 aromatic carbocycles. The van der Waals surface area contributed by atoms with Crippen molar-refractivity contribution in [1.29, 1.82) is 0 Å². The van der Waals surface area contributed by atoms with E-state index >= 15 is 0 Å². The molecule has 0 aliphatic heterocycles. The van der Waals surface area contributed by atoms with E-state index in [1.165, 1.54) is 17.8 Å². The number of benzene rings is 5. The number of carbonyl (C=O) groups excluding carboxylic acids is 2. The van der Waals surface area contributed by atoms with Gasteiger partial charge in [-0.3, -0.25) is 9.59 Å². The molecule has 3 N–H and O–H groups in total. The lowest BCUT2D eigenvalue weighted by Crippen LogP contribution is -2.19. The maximum absolute atomic E-state index is 13.5. The van der Waals surface area contributed by atoms with Gasteiger partial charge in [0, 0.05) is 27.2 Å². The molecule has 0 aromatic heterocycles. The van der Waals surface area contributed by atoms with Gasteiger partial charge in [-0.25, -0.2) is 4.79 Å². The second-order valence-electron chi connectivity index (χ2n) is 9.35. The zero-order valence-corrected chi connectivity index (χ0v) is 23.6. The van der Waals surface area contributed by atoms with E-state index in [-0.39, 0.29) is 17.0 Å². The molecule has 0 bridgehead atoms. The van der Waals surface area contributed by atoms with Crippen molar-refractivity contribution in [2.45, 2.75) is 17.1 Å². The van der Waals surface area contributed by atoms with Gasteiger partial charge in [-0.05, 0) is 72.5 Å². The zero-order valence-electron chi connectivity index (χ0n) is 22.7. The van der Waals surface area contributed by atoms with E-state index in [9.17, 15) is 19.5 Å². The van der Waals surface area contributed by atoms with Crippen molar-refractivity contribution >= 4 is 51.7 Å². The first-order chi connectivity index (χ1) is 20.4. The Morgan fingerprint density at radius 1 is 0.762 bits per heavy atom. The average Bonchev–Trinajstić information content (AvgIpc) is 3.01. The molecule has 1 atom stereocenters. The van der Waals surface area contributed by atoms with Crippen molar-refractivity contribution in [2.24, 2.45) is 0 Å². The number of fused-ring (bicyclic) bond motifs is 1. The third-order valence-electron chi connectivity index (χ3n) is 6.50. The molecule has 0 saturated carbocycles. The molecular formula is C34H28N2O5S. The van der Waals surface area contributed by atoms with Crippen molar-refractivity contribution < 1.29 is 24.2 Å². The summed E-state index contributed by atoms with van der Waals surface area (Å²) < 4.78 is 5.49. The normalized spacial score (nSPS) is 11.5. The summed E-state index contributed by atoms with van der Waals surface area (Å²) in [4.78, 5) is 39.5. The molecule has 2 amide bonds. The fraction of sp³-hybridized carbons (Fsp3) is 0.0882. The molecular weight excluding hydrogens is 548 g/mol. The fourth-order valence-electron chi connectivity index (χ4n) is 4.60. The van der Waals surface area contributed by atoms with Gasteiger partial charge in [0.1, 0.15) is 11.0 Å². The van der Waals surface area contributed by atoms with Crippen molar-refractivity contribution in [1.82, 2.24) is 0 Å². The van der Waals surface area contributed by atoms with Gasteiger partial charge in [-0.1, -0.05) is 60.7 Å². The summed E-state index contributed by atoms with van der Waals surface area (Å²) in [5.41, 5.74) is 2.33. The summed E-state index contributed by atoms with van der Waals surface area (Å²) in [5.74, 6) is -0.994. The van der Waals surface area contributed by atoms with E-state index in [1.54, 1.807) is 60.7 Å². The highest BCUT2D eigenvalue weighted by molar-refractivity contribution is 8.00. The summed E-state index contributed by atoms with van der Waals surface area (Å²) in [7, 11) is 0. The average molecular weight is 577 g/mol. The number of rotatable bonds is 10. The maximum Gasteiger partial charge on any atom is 0.336 e. The quantitative estimate of drug-likeness (QED) is 0.147. The predicted molar refractivity (Wildman–Crippen MR) is 167 cm³/mol. The second-order valence-corrected chi connectivity index (χ2v) is 10.5.